The van der Waals surface area contributed by atoms with Crippen LogP contribution in [0, 0.1) is 6.92 Å². The average Bonchev–Trinajstić information content (AvgIpc) is 2.92. The van der Waals surface area contributed by atoms with E-state index in [9.17, 15) is 18.0 Å². The van der Waals surface area contributed by atoms with E-state index in [1.165, 1.54) is 16.7 Å². The molecule has 3 aromatic rings. The molecule has 26 heavy (non-hydrogen) atoms. The number of para-hydroxylation sites is 1. The molecular weight excluding hydrogens is 351 g/mol. The van der Waals surface area contributed by atoms with E-state index in [0.29, 0.717) is 0 Å². The summed E-state index contributed by atoms with van der Waals surface area (Å²) in [7, 11) is 0. The Balaban J connectivity index is 0.000000758. The number of carboxylic acid groups (broad SMARTS) is 1. The third kappa shape index (κ3) is 4.41. The van der Waals surface area contributed by atoms with Crippen LogP contribution in [0.5, 0.6) is 5.75 Å². The number of rotatable bonds is 2. The molecular formula is C18H14F3NO4. The van der Waals surface area contributed by atoms with Gasteiger partial charge in [0.2, 0.25) is 0 Å². The van der Waals surface area contributed by atoms with Gasteiger partial charge in [0.15, 0.2) is 0 Å². The lowest BCUT2D eigenvalue weighted by Crippen LogP contribution is -2.17. The van der Waals surface area contributed by atoms with Crippen molar-refractivity contribution in [2.24, 2.45) is 0 Å². The third-order valence-electron chi connectivity index (χ3n) is 3.46. The Labute approximate surface area is 146 Å². The topological polar surface area (TPSA) is 68.5 Å². The van der Waals surface area contributed by atoms with Crippen LogP contribution in [-0.2, 0) is 4.79 Å². The number of carbonyl (C=O) groups is 2. The zero-order valence-electron chi connectivity index (χ0n) is 13.5. The quantitative estimate of drug-likeness (QED) is 0.690. The van der Waals surface area contributed by atoms with Gasteiger partial charge in [-0.25, -0.2) is 0 Å². The largest absolute Gasteiger partial charge is 0.573 e. The van der Waals surface area contributed by atoms with Crippen LogP contribution < -0.4 is 4.74 Å². The molecule has 0 aliphatic rings. The zero-order valence-corrected chi connectivity index (χ0v) is 13.5. The van der Waals surface area contributed by atoms with Crippen molar-refractivity contribution in [1.82, 2.24) is 4.57 Å². The van der Waals surface area contributed by atoms with E-state index in [-0.39, 0.29) is 23.7 Å². The Morgan fingerprint density at radius 3 is 2.27 bits per heavy atom. The Bertz CT molecular complexity index is 914. The first-order valence-electron chi connectivity index (χ1n) is 7.32. The number of hydrogen-bond donors (Lipinski definition) is 1. The number of hydrogen-bond acceptors (Lipinski definition) is 3. The number of alkyl halides is 3. The van der Waals surface area contributed by atoms with E-state index in [4.69, 9.17) is 9.90 Å². The number of aromatic nitrogens is 1. The summed E-state index contributed by atoms with van der Waals surface area (Å²) in [6, 6.07) is 12.3. The summed E-state index contributed by atoms with van der Waals surface area (Å²) in [5, 5.41) is 7.85. The highest BCUT2D eigenvalue weighted by atomic mass is 19.4. The number of aryl methyl sites for hydroxylation is 1. The minimum atomic E-state index is -4.75. The smallest absolute Gasteiger partial charge is 0.483 e. The van der Waals surface area contributed by atoms with Gasteiger partial charge < -0.3 is 9.84 Å². The summed E-state index contributed by atoms with van der Waals surface area (Å²) >= 11 is 0. The number of halogens is 3. The van der Waals surface area contributed by atoms with Crippen molar-refractivity contribution in [2.75, 3.05) is 0 Å². The maximum atomic E-state index is 12.6. The molecule has 0 bridgehead atoms. The fourth-order valence-electron chi connectivity index (χ4n) is 2.46. The molecule has 0 saturated carbocycles. The molecule has 0 aliphatic heterocycles. The van der Waals surface area contributed by atoms with Crippen LogP contribution in [0.15, 0.2) is 54.7 Å². The van der Waals surface area contributed by atoms with E-state index >= 15 is 0 Å². The van der Waals surface area contributed by atoms with Crippen molar-refractivity contribution >= 4 is 23.3 Å². The Morgan fingerprint density at radius 1 is 1.12 bits per heavy atom. The Kier molecular flexibility index (Phi) is 5.66. The van der Waals surface area contributed by atoms with Crippen molar-refractivity contribution in [3.63, 3.8) is 0 Å². The predicted octanol–water partition coefficient (Wildman–Crippen LogP) is 4.24. The molecule has 8 heteroatoms. The first-order valence-corrected chi connectivity index (χ1v) is 7.32. The highest BCUT2D eigenvalue weighted by Gasteiger charge is 2.31. The summed E-state index contributed by atoms with van der Waals surface area (Å²) in [5.41, 5.74) is 1.98. The molecule has 0 fully saturated rings. The minimum Gasteiger partial charge on any atom is -0.483 e. The number of ether oxygens (including phenoxy) is 1. The monoisotopic (exact) mass is 365 g/mol. The summed E-state index contributed by atoms with van der Waals surface area (Å²) < 4.78 is 41.7. The number of fused-ring (bicyclic) bond motifs is 1. The summed E-state index contributed by atoms with van der Waals surface area (Å²) in [5.74, 6) is -0.671. The van der Waals surface area contributed by atoms with Gasteiger partial charge in [-0.1, -0.05) is 18.2 Å². The predicted molar refractivity (Wildman–Crippen MR) is 88.2 cm³/mol. The van der Waals surface area contributed by atoms with E-state index in [2.05, 4.69) is 4.74 Å². The van der Waals surface area contributed by atoms with E-state index in [0.717, 1.165) is 28.6 Å². The molecule has 1 N–H and O–H groups in total. The van der Waals surface area contributed by atoms with Crippen LogP contribution in [0.4, 0.5) is 13.2 Å². The summed E-state index contributed by atoms with van der Waals surface area (Å²) in [6.07, 6.45) is -3.04. The van der Waals surface area contributed by atoms with Gasteiger partial charge in [0.05, 0.1) is 5.52 Å². The first kappa shape index (κ1) is 19.0. The van der Waals surface area contributed by atoms with Crippen molar-refractivity contribution in [3.8, 4) is 5.75 Å². The Hall–Kier alpha value is -3.29. The Morgan fingerprint density at radius 2 is 1.69 bits per heavy atom. The molecule has 0 amide bonds. The molecule has 0 unspecified atom stereocenters. The highest BCUT2D eigenvalue weighted by Crippen LogP contribution is 2.24. The molecule has 3 rings (SSSR count). The summed E-state index contributed by atoms with van der Waals surface area (Å²) in [4.78, 5) is 20.9. The van der Waals surface area contributed by atoms with Crippen molar-refractivity contribution < 1.29 is 32.6 Å². The van der Waals surface area contributed by atoms with E-state index in [1.54, 1.807) is 6.20 Å². The van der Waals surface area contributed by atoms with E-state index < -0.39 is 6.36 Å². The molecule has 0 spiro atoms. The van der Waals surface area contributed by atoms with Gasteiger partial charge in [0.25, 0.3) is 12.4 Å². The number of nitrogens with zero attached hydrogens (tertiary/aromatic N) is 1. The molecule has 1 aromatic heterocycles. The van der Waals surface area contributed by atoms with Crippen molar-refractivity contribution in [2.45, 2.75) is 13.3 Å². The number of benzene rings is 2. The maximum absolute atomic E-state index is 12.6. The molecule has 0 radical (unpaired) electrons. The second-order valence-electron chi connectivity index (χ2n) is 5.18. The molecule has 0 aliphatic carbocycles. The maximum Gasteiger partial charge on any atom is 0.573 e. The summed E-state index contributed by atoms with van der Waals surface area (Å²) in [6.45, 7) is 1.65. The molecule has 5 nitrogen and oxygen atoms in total. The SMILES string of the molecule is Cc1cn(C(=O)c2ccc(OC(F)(F)F)cc2)c2ccccc12.O=CO. The second kappa shape index (κ2) is 7.73. The third-order valence-corrected chi connectivity index (χ3v) is 3.46. The van der Waals surface area contributed by atoms with Gasteiger partial charge in [-0.05, 0) is 42.8 Å². The fraction of sp³-hybridized carbons (Fsp3) is 0.111. The molecule has 136 valence electrons. The van der Waals surface area contributed by atoms with Gasteiger partial charge in [0.1, 0.15) is 5.75 Å². The molecule has 2 aromatic carbocycles. The first-order chi connectivity index (χ1) is 12.3. The normalized spacial score (nSPS) is 10.8. The van der Waals surface area contributed by atoms with Gasteiger partial charge in [-0.15, -0.1) is 13.2 Å². The minimum absolute atomic E-state index is 0.250. The molecule has 0 atom stereocenters. The lowest BCUT2D eigenvalue weighted by Gasteiger charge is -2.09. The van der Waals surface area contributed by atoms with Crippen LogP contribution in [-0.4, -0.2) is 28.4 Å². The van der Waals surface area contributed by atoms with Crippen molar-refractivity contribution in [1.29, 1.82) is 0 Å². The van der Waals surface area contributed by atoms with Crippen LogP contribution in [0.2, 0.25) is 0 Å². The number of carbonyl (C=O) groups excluding carboxylic acids is 1. The lowest BCUT2D eigenvalue weighted by molar-refractivity contribution is -0.274. The van der Waals surface area contributed by atoms with Crippen LogP contribution >= 0.6 is 0 Å². The molecule has 1 heterocycles. The van der Waals surface area contributed by atoms with Crippen LogP contribution in [0.1, 0.15) is 15.9 Å². The fourth-order valence-corrected chi connectivity index (χ4v) is 2.46. The standard InChI is InChI=1S/C17H12F3NO2.CH2O2/c1-11-10-21(15-5-3-2-4-14(11)15)16(22)12-6-8-13(9-7-12)23-17(18,19)20;2-1-3/h2-10H,1H3;1H,(H,2,3). The van der Waals surface area contributed by atoms with Crippen molar-refractivity contribution in [3.05, 3.63) is 65.9 Å². The molecule has 0 saturated heterocycles. The average molecular weight is 365 g/mol. The van der Waals surface area contributed by atoms with Gasteiger partial charge in [-0.3, -0.25) is 14.2 Å². The second-order valence-corrected chi connectivity index (χ2v) is 5.18. The van der Waals surface area contributed by atoms with Gasteiger partial charge in [-0.2, -0.15) is 0 Å². The van der Waals surface area contributed by atoms with E-state index in [1.807, 2.05) is 31.2 Å². The lowest BCUT2D eigenvalue weighted by atomic mass is 10.2. The van der Waals surface area contributed by atoms with Gasteiger partial charge in [0, 0.05) is 17.1 Å². The van der Waals surface area contributed by atoms with Gasteiger partial charge >= 0.3 is 6.36 Å². The zero-order chi connectivity index (χ0) is 19.3. The van der Waals surface area contributed by atoms with Crippen LogP contribution in [0.25, 0.3) is 10.9 Å². The van der Waals surface area contributed by atoms with Crippen LogP contribution in [0.3, 0.4) is 0 Å². The highest BCUT2D eigenvalue weighted by molar-refractivity contribution is 6.02.